The van der Waals surface area contributed by atoms with Crippen molar-refractivity contribution in [1.29, 1.82) is 0 Å². The van der Waals surface area contributed by atoms with Crippen molar-refractivity contribution in [3.8, 4) is 0 Å². The van der Waals surface area contributed by atoms with Crippen molar-refractivity contribution in [3.63, 3.8) is 0 Å². The quantitative estimate of drug-likeness (QED) is 0.607. The van der Waals surface area contributed by atoms with Crippen LogP contribution in [-0.2, 0) is 14.3 Å². The molecular formula is C21H19ClN2O4. The number of methoxy groups -OCH3 is 1. The molecule has 0 aromatic heterocycles. The number of halogens is 1. The highest BCUT2D eigenvalue weighted by Gasteiger charge is 2.39. The molecule has 0 fully saturated rings. The monoisotopic (exact) mass is 398 g/mol. The van der Waals surface area contributed by atoms with Crippen LogP contribution in [0.3, 0.4) is 0 Å². The second kappa shape index (κ2) is 7.86. The summed E-state index contributed by atoms with van der Waals surface area (Å²) >= 11 is 6.13. The summed E-state index contributed by atoms with van der Waals surface area (Å²) in [6, 6.07) is 13.5. The lowest BCUT2D eigenvalue weighted by Gasteiger charge is -2.15. The van der Waals surface area contributed by atoms with Crippen molar-refractivity contribution in [2.45, 2.75) is 19.8 Å². The Kier molecular flexibility index (Phi) is 5.51. The molecule has 2 amide bonds. The summed E-state index contributed by atoms with van der Waals surface area (Å²) < 4.78 is 4.64. The SMILES string of the molecule is COC(=O)c1ccc(N2C(=O)C(Cl)=C(Nc3ccc(C(C)C)cc3)C2=O)cc1. The Bertz CT molecular complexity index is 963. The zero-order valence-electron chi connectivity index (χ0n) is 15.7. The molecule has 2 aromatic rings. The van der Waals surface area contributed by atoms with E-state index >= 15 is 0 Å². The van der Waals surface area contributed by atoms with E-state index in [1.165, 1.54) is 31.4 Å². The first-order valence-corrected chi connectivity index (χ1v) is 9.05. The predicted octanol–water partition coefficient (Wildman–Crippen LogP) is 4.03. The van der Waals surface area contributed by atoms with Crippen molar-refractivity contribution in [1.82, 2.24) is 0 Å². The van der Waals surface area contributed by atoms with Gasteiger partial charge in [-0.2, -0.15) is 0 Å². The fraction of sp³-hybridized carbons (Fsp3) is 0.190. The van der Waals surface area contributed by atoms with E-state index in [4.69, 9.17) is 11.6 Å². The maximum absolute atomic E-state index is 12.8. The number of nitrogens with one attached hydrogen (secondary N) is 1. The number of anilines is 2. The maximum atomic E-state index is 12.8. The number of carbonyl (C=O) groups is 3. The highest BCUT2D eigenvalue weighted by Crippen LogP contribution is 2.30. The van der Waals surface area contributed by atoms with Crippen molar-refractivity contribution in [2.24, 2.45) is 0 Å². The summed E-state index contributed by atoms with van der Waals surface area (Å²) in [4.78, 5) is 37.8. The van der Waals surface area contributed by atoms with Crippen LogP contribution < -0.4 is 10.2 Å². The van der Waals surface area contributed by atoms with E-state index < -0.39 is 17.8 Å². The lowest BCUT2D eigenvalue weighted by molar-refractivity contribution is -0.120. The van der Waals surface area contributed by atoms with Gasteiger partial charge in [0.25, 0.3) is 11.8 Å². The third kappa shape index (κ3) is 3.64. The molecule has 3 rings (SSSR count). The third-order valence-corrected chi connectivity index (χ3v) is 4.77. The zero-order chi connectivity index (χ0) is 20.4. The van der Waals surface area contributed by atoms with Gasteiger partial charge < -0.3 is 10.1 Å². The molecule has 0 saturated carbocycles. The second-order valence-corrected chi connectivity index (χ2v) is 6.95. The summed E-state index contributed by atoms with van der Waals surface area (Å²) in [5.41, 5.74) is 2.45. The van der Waals surface area contributed by atoms with Gasteiger partial charge in [0.1, 0.15) is 10.7 Å². The number of ether oxygens (including phenoxy) is 1. The Hall–Kier alpha value is -3.12. The number of carbonyl (C=O) groups excluding carboxylic acids is 3. The van der Waals surface area contributed by atoms with Crippen LogP contribution in [0.1, 0.15) is 35.7 Å². The predicted molar refractivity (Wildman–Crippen MR) is 107 cm³/mol. The van der Waals surface area contributed by atoms with Gasteiger partial charge in [0.05, 0.1) is 18.4 Å². The zero-order valence-corrected chi connectivity index (χ0v) is 16.4. The summed E-state index contributed by atoms with van der Waals surface area (Å²) in [7, 11) is 1.28. The fourth-order valence-corrected chi connectivity index (χ4v) is 3.02. The molecule has 0 unspecified atom stereocenters. The Morgan fingerprint density at radius 1 is 1.00 bits per heavy atom. The molecule has 1 N–H and O–H groups in total. The van der Waals surface area contributed by atoms with Crippen LogP contribution in [0.25, 0.3) is 0 Å². The van der Waals surface area contributed by atoms with Gasteiger partial charge in [-0.15, -0.1) is 0 Å². The molecule has 0 spiro atoms. The lowest BCUT2D eigenvalue weighted by Crippen LogP contribution is -2.32. The van der Waals surface area contributed by atoms with E-state index in [1.54, 1.807) is 0 Å². The van der Waals surface area contributed by atoms with Gasteiger partial charge in [0.2, 0.25) is 0 Å². The van der Waals surface area contributed by atoms with Crippen LogP contribution in [0, 0.1) is 0 Å². The highest BCUT2D eigenvalue weighted by molar-refractivity contribution is 6.53. The number of benzene rings is 2. The van der Waals surface area contributed by atoms with E-state index in [-0.39, 0.29) is 10.7 Å². The minimum Gasteiger partial charge on any atom is -0.465 e. The number of esters is 1. The Morgan fingerprint density at radius 2 is 1.61 bits per heavy atom. The van der Waals surface area contributed by atoms with E-state index in [1.807, 2.05) is 24.3 Å². The first-order valence-electron chi connectivity index (χ1n) is 8.67. The summed E-state index contributed by atoms with van der Waals surface area (Å²) in [6.45, 7) is 4.18. The first kappa shape index (κ1) is 19.6. The molecule has 2 aromatic carbocycles. The van der Waals surface area contributed by atoms with Gasteiger partial charge in [-0.3, -0.25) is 9.59 Å². The van der Waals surface area contributed by atoms with Gasteiger partial charge in [-0.25, -0.2) is 9.69 Å². The van der Waals surface area contributed by atoms with Crippen molar-refractivity contribution in [3.05, 3.63) is 70.4 Å². The van der Waals surface area contributed by atoms with Crippen LogP contribution >= 0.6 is 11.6 Å². The topological polar surface area (TPSA) is 75.7 Å². The molecule has 1 aliphatic rings. The molecule has 0 bridgehead atoms. The molecule has 28 heavy (non-hydrogen) atoms. The van der Waals surface area contributed by atoms with Crippen LogP contribution in [0.4, 0.5) is 11.4 Å². The average molecular weight is 399 g/mol. The number of imide groups is 1. The lowest BCUT2D eigenvalue weighted by atomic mass is 10.0. The maximum Gasteiger partial charge on any atom is 0.337 e. The number of amides is 2. The van der Waals surface area contributed by atoms with E-state index in [0.29, 0.717) is 22.9 Å². The van der Waals surface area contributed by atoms with Crippen LogP contribution in [0.15, 0.2) is 59.3 Å². The van der Waals surface area contributed by atoms with Crippen molar-refractivity contribution in [2.75, 3.05) is 17.3 Å². The molecule has 6 nitrogen and oxygen atoms in total. The second-order valence-electron chi connectivity index (χ2n) is 6.57. The minimum absolute atomic E-state index is 0.0148. The third-order valence-electron chi connectivity index (χ3n) is 4.42. The average Bonchev–Trinajstić information content (AvgIpc) is 2.91. The molecule has 1 heterocycles. The molecule has 0 radical (unpaired) electrons. The van der Waals surface area contributed by atoms with Gasteiger partial charge >= 0.3 is 5.97 Å². The minimum atomic E-state index is -0.626. The largest absolute Gasteiger partial charge is 0.465 e. The number of nitrogens with zero attached hydrogens (tertiary/aromatic N) is 1. The normalized spacial score (nSPS) is 14.1. The molecule has 0 saturated heterocycles. The highest BCUT2D eigenvalue weighted by atomic mass is 35.5. The van der Waals surface area contributed by atoms with E-state index in [0.717, 1.165) is 10.5 Å². The Labute approximate surface area is 167 Å². The molecule has 0 aliphatic carbocycles. The smallest absolute Gasteiger partial charge is 0.337 e. The van der Waals surface area contributed by atoms with Gasteiger partial charge in [-0.05, 0) is 47.9 Å². The molecule has 144 valence electrons. The van der Waals surface area contributed by atoms with Gasteiger partial charge in [0.15, 0.2) is 0 Å². The van der Waals surface area contributed by atoms with Crippen LogP contribution in [0.5, 0.6) is 0 Å². The number of rotatable bonds is 5. The Morgan fingerprint density at radius 3 is 2.14 bits per heavy atom. The van der Waals surface area contributed by atoms with E-state index in [9.17, 15) is 14.4 Å². The van der Waals surface area contributed by atoms with Crippen LogP contribution in [0.2, 0.25) is 0 Å². The Balaban J connectivity index is 1.82. The van der Waals surface area contributed by atoms with Gasteiger partial charge in [0, 0.05) is 5.69 Å². The summed E-state index contributed by atoms with van der Waals surface area (Å²) in [6.07, 6.45) is 0. The molecule has 1 aliphatic heterocycles. The van der Waals surface area contributed by atoms with Gasteiger partial charge in [-0.1, -0.05) is 37.6 Å². The molecule has 7 heteroatoms. The molecular weight excluding hydrogens is 380 g/mol. The fourth-order valence-electron chi connectivity index (χ4n) is 2.81. The number of hydrogen-bond acceptors (Lipinski definition) is 5. The van der Waals surface area contributed by atoms with Crippen molar-refractivity contribution >= 4 is 40.8 Å². The number of hydrogen-bond donors (Lipinski definition) is 1. The summed E-state index contributed by atoms with van der Waals surface area (Å²) in [5.74, 6) is -1.31. The first-order chi connectivity index (χ1) is 13.3. The standard InChI is InChI=1S/C21H19ClN2O4/c1-12(2)13-4-8-15(9-5-13)23-18-17(22)19(25)24(20(18)26)16-10-6-14(7-11-16)21(27)28-3/h4-12,23H,1-3H3. The van der Waals surface area contributed by atoms with Crippen molar-refractivity contribution < 1.29 is 19.1 Å². The summed E-state index contributed by atoms with van der Waals surface area (Å²) in [5, 5.41) is 2.75. The molecule has 0 atom stereocenters. The van der Waals surface area contributed by atoms with E-state index in [2.05, 4.69) is 23.9 Å². The van der Waals surface area contributed by atoms with Crippen LogP contribution in [-0.4, -0.2) is 24.9 Å².